The summed E-state index contributed by atoms with van der Waals surface area (Å²) in [5.41, 5.74) is 2.37. The SMILES string of the molecule is Cc1ccccc1-c1ccc(SCC(=O)Nc2ccc(C(F)(F)F)cc2)nn1. The van der Waals surface area contributed by atoms with E-state index in [0.717, 1.165) is 29.0 Å². The van der Waals surface area contributed by atoms with Crippen LogP contribution in [0.3, 0.4) is 0 Å². The van der Waals surface area contributed by atoms with Gasteiger partial charge in [-0.2, -0.15) is 13.2 Å². The predicted molar refractivity (Wildman–Crippen MR) is 103 cm³/mol. The minimum Gasteiger partial charge on any atom is -0.325 e. The van der Waals surface area contributed by atoms with Gasteiger partial charge in [-0.05, 0) is 48.9 Å². The number of aromatic nitrogens is 2. The number of alkyl halides is 3. The van der Waals surface area contributed by atoms with Crippen LogP contribution in [0.1, 0.15) is 11.1 Å². The molecule has 0 saturated heterocycles. The Morgan fingerprint density at radius 2 is 1.71 bits per heavy atom. The molecule has 0 bridgehead atoms. The minimum atomic E-state index is -4.40. The standard InChI is InChI=1S/C20H16F3N3OS/c1-13-4-2-3-5-16(13)17-10-11-19(26-25-17)28-12-18(27)24-15-8-6-14(7-9-15)20(21,22)23/h2-11H,12H2,1H3,(H,24,27). The molecule has 0 aliphatic heterocycles. The van der Waals surface area contributed by atoms with Gasteiger partial charge in [0.15, 0.2) is 0 Å². The van der Waals surface area contributed by atoms with Crippen LogP contribution in [-0.4, -0.2) is 21.9 Å². The third kappa shape index (κ3) is 5.10. The highest BCUT2D eigenvalue weighted by atomic mass is 32.2. The van der Waals surface area contributed by atoms with Gasteiger partial charge in [-0.1, -0.05) is 36.0 Å². The largest absolute Gasteiger partial charge is 0.416 e. The zero-order valence-corrected chi connectivity index (χ0v) is 15.6. The predicted octanol–water partition coefficient (Wildman–Crippen LogP) is 5.20. The summed E-state index contributed by atoms with van der Waals surface area (Å²) in [6.07, 6.45) is -4.40. The molecule has 0 atom stereocenters. The van der Waals surface area contributed by atoms with E-state index < -0.39 is 11.7 Å². The number of halogens is 3. The fourth-order valence-corrected chi connectivity index (χ4v) is 3.09. The second kappa shape index (κ2) is 8.43. The van der Waals surface area contributed by atoms with E-state index in [1.807, 2.05) is 37.3 Å². The van der Waals surface area contributed by atoms with Crippen LogP contribution in [0.25, 0.3) is 11.3 Å². The van der Waals surface area contributed by atoms with Gasteiger partial charge in [0.2, 0.25) is 5.91 Å². The molecule has 144 valence electrons. The third-order valence-corrected chi connectivity index (χ3v) is 4.83. The summed E-state index contributed by atoms with van der Waals surface area (Å²) in [4.78, 5) is 12.0. The Kier molecular flexibility index (Phi) is 5.99. The minimum absolute atomic E-state index is 0.0689. The molecule has 2 aromatic carbocycles. The zero-order valence-electron chi connectivity index (χ0n) is 14.8. The second-order valence-corrected chi connectivity index (χ2v) is 6.98. The number of carbonyl (C=O) groups is 1. The number of amides is 1. The fraction of sp³-hybridized carbons (Fsp3) is 0.150. The number of benzene rings is 2. The molecule has 0 saturated carbocycles. The molecule has 8 heteroatoms. The number of hydrogen-bond acceptors (Lipinski definition) is 4. The lowest BCUT2D eigenvalue weighted by Crippen LogP contribution is -2.14. The van der Waals surface area contributed by atoms with Gasteiger partial charge in [0.05, 0.1) is 17.0 Å². The molecular formula is C20H16F3N3OS. The molecule has 3 aromatic rings. The average molecular weight is 403 g/mol. The van der Waals surface area contributed by atoms with Crippen molar-refractivity contribution in [2.45, 2.75) is 18.1 Å². The van der Waals surface area contributed by atoms with Gasteiger partial charge >= 0.3 is 6.18 Å². The van der Waals surface area contributed by atoms with Crippen LogP contribution in [0, 0.1) is 6.92 Å². The van der Waals surface area contributed by atoms with Crippen LogP contribution in [0.5, 0.6) is 0 Å². The molecule has 28 heavy (non-hydrogen) atoms. The summed E-state index contributed by atoms with van der Waals surface area (Å²) < 4.78 is 37.6. The van der Waals surface area contributed by atoms with E-state index in [1.54, 1.807) is 6.07 Å². The Balaban J connectivity index is 1.55. The summed E-state index contributed by atoms with van der Waals surface area (Å²) in [5, 5.41) is 11.5. The van der Waals surface area contributed by atoms with Crippen LogP contribution in [0.15, 0.2) is 65.7 Å². The quantitative estimate of drug-likeness (QED) is 0.595. The van der Waals surface area contributed by atoms with E-state index >= 15 is 0 Å². The molecule has 0 aliphatic carbocycles. The molecule has 0 spiro atoms. The van der Waals surface area contributed by atoms with E-state index in [0.29, 0.717) is 10.7 Å². The highest BCUT2D eigenvalue weighted by Gasteiger charge is 2.29. The van der Waals surface area contributed by atoms with Crippen molar-refractivity contribution in [2.24, 2.45) is 0 Å². The van der Waals surface area contributed by atoms with E-state index in [9.17, 15) is 18.0 Å². The molecule has 0 fully saturated rings. The van der Waals surface area contributed by atoms with E-state index in [2.05, 4.69) is 15.5 Å². The number of carbonyl (C=O) groups excluding carboxylic acids is 1. The topological polar surface area (TPSA) is 54.9 Å². The van der Waals surface area contributed by atoms with Crippen LogP contribution in [-0.2, 0) is 11.0 Å². The number of rotatable bonds is 5. The first kappa shape index (κ1) is 19.9. The smallest absolute Gasteiger partial charge is 0.325 e. The Morgan fingerprint density at radius 1 is 1.00 bits per heavy atom. The zero-order chi connectivity index (χ0) is 20.1. The number of thioether (sulfide) groups is 1. The molecule has 0 radical (unpaired) electrons. The lowest BCUT2D eigenvalue weighted by molar-refractivity contribution is -0.137. The van der Waals surface area contributed by atoms with Crippen LogP contribution in [0.2, 0.25) is 0 Å². The van der Waals surface area contributed by atoms with Crippen LogP contribution in [0.4, 0.5) is 18.9 Å². The molecule has 0 aliphatic rings. The van der Waals surface area contributed by atoms with Crippen molar-refractivity contribution in [3.63, 3.8) is 0 Å². The van der Waals surface area contributed by atoms with Gasteiger partial charge in [0.25, 0.3) is 0 Å². The summed E-state index contributed by atoms with van der Waals surface area (Å²) in [5.74, 6) is -0.270. The van der Waals surface area contributed by atoms with Crippen molar-refractivity contribution in [2.75, 3.05) is 11.1 Å². The number of anilines is 1. The number of nitrogens with one attached hydrogen (secondary N) is 1. The molecule has 1 aromatic heterocycles. The van der Waals surface area contributed by atoms with Gasteiger partial charge in [-0.25, -0.2) is 0 Å². The van der Waals surface area contributed by atoms with Gasteiger partial charge in [-0.15, -0.1) is 10.2 Å². The van der Waals surface area contributed by atoms with Gasteiger partial charge < -0.3 is 5.32 Å². The first-order valence-electron chi connectivity index (χ1n) is 8.32. The average Bonchev–Trinajstić information content (AvgIpc) is 2.67. The first-order valence-corrected chi connectivity index (χ1v) is 9.31. The lowest BCUT2D eigenvalue weighted by atomic mass is 10.1. The number of nitrogens with zero attached hydrogens (tertiary/aromatic N) is 2. The Hall–Kier alpha value is -2.87. The van der Waals surface area contributed by atoms with E-state index in [-0.39, 0.29) is 11.7 Å². The molecule has 1 heterocycles. The summed E-state index contributed by atoms with van der Waals surface area (Å²) in [6.45, 7) is 1.99. The maximum atomic E-state index is 12.5. The summed E-state index contributed by atoms with van der Waals surface area (Å²) in [6, 6.07) is 15.8. The Labute approximate surface area is 164 Å². The van der Waals surface area contributed by atoms with Crippen molar-refractivity contribution >= 4 is 23.4 Å². The molecule has 1 amide bonds. The maximum absolute atomic E-state index is 12.5. The van der Waals surface area contributed by atoms with Gasteiger partial charge in [-0.3, -0.25) is 4.79 Å². The maximum Gasteiger partial charge on any atom is 0.416 e. The lowest BCUT2D eigenvalue weighted by Gasteiger charge is -2.09. The Bertz CT molecular complexity index is 958. The van der Waals surface area contributed by atoms with Crippen molar-refractivity contribution < 1.29 is 18.0 Å². The molecule has 4 nitrogen and oxygen atoms in total. The van der Waals surface area contributed by atoms with Crippen LogP contribution < -0.4 is 5.32 Å². The number of aryl methyl sites for hydroxylation is 1. The number of hydrogen-bond donors (Lipinski definition) is 1. The van der Waals surface area contributed by atoms with E-state index in [1.165, 1.54) is 23.9 Å². The summed E-state index contributed by atoms with van der Waals surface area (Å²) in [7, 11) is 0. The molecule has 0 unspecified atom stereocenters. The normalized spacial score (nSPS) is 11.3. The molecular weight excluding hydrogens is 387 g/mol. The summed E-state index contributed by atoms with van der Waals surface area (Å²) >= 11 is 1.20. The van der Waals surface area contributed by atoms with E-state index in [4.69, 9.17) is 0 Å². The Morgan fingerprint density at radius 3 is 2.32 bits per heavy atom. The second-order valence-electron chi connectivity index (χ2n) is 5.98. The van der Waals surface area contributed by atoms with Crippen molar-refractivity contribution in [3.8, 4) is 11.3 Å². The highest BCUT2D eigenvalue weighted by Crippen LogP contribution is 2.30. The molecule has 3 rings (SSSR count). The first-order chi connectivity index (χ1) is 13.3. The fourth-order valence-electron chi connectivity index (χ4n) is 2.48. The van der Waals surface area contributed by atoms with Gasteiger partial charge in [0, 0.05) is 11.3 Å². The van der Waals surface area contributed by atoms with Crippen molar-refractivity contribution in [1.82, 2.24) is 10.2 Å². The van der Waals surface area contributed by atoms with Crippen molar-refractivity contribution in [1.29, 1.82) is 0 Å². The van der Waals surface area contributed by atoms with Crippen LogP contribution >= 0.6 is 11.8 Å². The van der Waals surface area contributed by atoms with Gasteiger partial charge in [0.1, 0.15) is 5.03 Å². The molecule has 1 N–H and O–H groups in total. The highest BCUT2D eigenvalue weighted by molar-refractivity contribution is 7.99. The van der Waals surface area contributed by atoms with Crippen molar-refractivity contribution in [3.05, 3.63) is 71.8 Å². The third-order valence-electron chi connectivity index (χ3n) is 3.91. The monoisotopic (exact) mass is 403 g/mol.